The molecule has 0 aliphatic heterocycles. The minimum Gasteiger partial charge on any atom is -0.478 e. The highest BCUT2D eigenvalue weighted by Crippen LogP contribution is 2.26. The summed E-state index contributed by atoms with van der Waals surface area (Å²) < 4.78 is 27.5. The predicted octanol–water partition coefficient (Wildman–Crippen LogP) is 2.50. The van der Waals surface area contributed by atoms with Crippen molar-refractivity contribution in [2.24, 2.45) is 0 Å². The fourth-order valence-electron chi connectivity index (χ4n) is 2.19. The van der Waals surface area contributed by atoms with E-state index in [1.54, 1.807) is 13.0 Å². The van der Waals surface area contributed by atoms with E-state index < -0.39 is 22.0 Å². The van der Waals surface area contributed by atoms with Gasteiger partial charge in [-0.1, -0.05) is 18.2 Å². The van der Waals surface area contributed by atoms with Crippen molar-refractivity contribution in [3.05, 3.63) is 58.7 Å². The van der Waals surface area contributed by atoms with Crippen molar-refractivity contribution in [2.75, 3.05) is 4.72 Å². The van der Waals surface area contributed by atoms with E-state index in [0.29, 0.717) is 11.1 Å². The molecule has 0 saturated heterocycles. The summed E-state index contributed by atoms with van der Waals surface area (Å²) in [6.07, 6.45) is 0. The van der Waals surface area contributed by atoms with Crippen LogP contribution in [0.1, 0.15) is 31.8 Å². The van der Waals surface area contributed by atoms with Crippen LogP contribution in [-0.2, 0) is 10.0 Å². The number of hydrogen-bond donors (Lipinski definition) is 3. The number of carboxylic acids is 2. The van der Waals surface area contributed by atoms with E-state index in [-0.39, 0.29) is 21.7 Å². The first-order chi connectivity index (χ1) is 11.1. The lowest BCUT2D eigenvalue weighted by atomic mass is 10.1. The number of anilines is 1. The number of carboxylic acid groups (broad SMARTS) is 2. The molecule has 0 saturated carbocycles. The van der Waals surface area contributed by atoms with Crippen molar-refractivity contribution in [2.45, 2.75) is 18.7 Å². The summed E-state index contributed by atoms with van der Waals surface area (Å²) in [5.41, 5.74) is 0.364. The van der Waals surface area contributed by atoms with Crippen LogP contribution in [0.25, 0.3) is 0 Å². The lowest BCUT2D eigenvalue weighted by Crippen LogP contribution is -2.18. The van der Waals surface area contributed by atoms with Crippen molar-refractivity contribution in [3.63, 3.8) is 0 Å². The monoisotopic (exact) mass is 349 g/mol. The molecule has 0 aromatic heterocycles. The topological polar surface area (TPSA) is 121 Å². The average Bonchev–Trinajstić information content (AvgIpc) is 2.48. The molecule has 126 valence electrons. The van der Waals surface area contributed by atoms with Gasteiger partial charge in [0.15, 0.2) is 0 Å². The number of aryl methyl sites for hydroxylation is 2. The molecule has 0 spiro atoms. The van der Waals surface area contributed by atoms with Gasteiger partial charge in [-0.3, -0.25) is 4.72 Å². The minimum atomic E-state index is -4.16. The van der Waals surface area contributed by atoms with Gasteiger partial charge in [-0.25, -0.2) is 18.0 Å². The maximum Gasteiger partial charge on any atom is 0.337 e. The molecule has 2 rings (SSSR count). The first-order valence-electron chi connectivity index (χ1n) is 6.83. The van der Waals surface area contributed by atoms with Crippen LogP contribution < -0.4 is 4.72 Å². The van der Waals surface area contributed by atoms with Crippen LogP contribution in [0.3, 0.4) is 0 Å². The highest BCUT2D eigenvalue weighted by atomic mass is 32.2. The molecule has 8 heteroatoms. The van der Waals surface area contributed by atoms with Gasteiger partial charge < -0.3 is 10.2 Å². The van der Waals surface area contributed by atoms with E-state index in [0.717, 1.165) is 6.07 Å². The number of nitrogens with one attached hydrogen (secondary N) is 1. The zero-order valence-electron chi connectivity index (χ0n) is 12.9. The summed E-state index contributed by atoms with van der Waals surface area (Å²) in [5, 5.41) is 18.2. The van der Waals surface area contributed by atoms with Crippen molar-refractivity contribution in [3.8, 4) is 0 Å². The largest absolute Gasteiger partial charge is 0.478 e. The summed E-state index contributed by atoms with van der Waals surface area (Å²) >= 11 is 0. The van der Waals surface area contributed by atoms with Gasteiger partial charge in [-0.2, -0.15) is 0 Å². The van der Waals surface area contributed by atoms with Gasteiger partial charge in [-0.15, -0.1) is 0 Å². The standard InChI is InChI=1S/C16H15NO6S/c1-9-6-7-11(15(18)19)8-13(9)24(22,23)17-14-10(2)4-3-5-12(14)16(20)21/h3-8,17H,1-2H3,(H,18,19)(H,20,21). The molecule has 7 nitrogen and oxygen atoms in total. The molecule has 0 aliphatic carbocycles. The molecule has 0 aliphatic rings. The maximum absolute atomic E-state index is 12.6. The molecule has 0 amide bonds. The van der Waals surface area contributed by atoms with Gasteiger partial charge in [0, 0.05) is 0 Å². The third kappa shape index (κ3) is 3.38. The molecule has 0 bridgehead atoms. The number of rotatable bonds is 5. The number of para-hydroxylation sites is 1. The molecule has 0 heterocycles. The fraction of sp³-hybridized carbons (Fsp3) is 0.125. The average molecular weight is 349 g/mol. The Balaban J connectivity index is 2.57. The van der Waals surface area contributed by atoms with Crippen LogP contribution in [0.4, 0.5) is 5.69 Å². The minimum absolute atomic E-state index is 0.0508. The molecule has 3 N–H and O–H groups in total. The van der Waals surface area contributed by atoms with Crippen LogP contribution in [0.15, 0.2) is 41.3 Å². The molecule has 2 aromatic carbocycles. The Kier molecular flexibility index (Phi) is 4.61. The second-order valence-corrected chi connectivity index (χ2v) is 6.84. The normalized spacial score (nSPS) is 11.1. The van der Waals surface area contributed by atoms with Crippen molar-refractivity contribution < 1.29 is 28.2 Å². The Morgan fingerprint density at radius 1 is 0.958 bits per heavy atom. The second kappa shape index (κ2) is 6.32. The lowest BCUT2D eigenvalue weighted by Gasteiger charge is -2.15. The highest BCUT2D eigenvalue weighted by molar-refractivity contribution is 7.92. The maximum atomic E-state index is 12.6. The van der Waals surface area contributed by atoms with E-state index in [4.69, 9.17) is 5.11 Å². The van der Waals surface area contributed by atoms with Gasteiger partial charge in [0.2, 0.25) is 0 Å². The van der Waals surface area contributed by atoms with E-state index in [1.807, 2.05) is 0 Å². The number of aromatic carboxylic acids is 2. The summed E-state index contributed by atoms with van der Waals surface area (Å²) in [6, 6.07) is 8.09. The van der Waals surface area contributed by atoms with Crippen LogP contribution >= 0.6 is 0 Å². The number of benzene rings is 2. The third-order valence-corrected chi connectivity index (χ3v) is 4.96. The van der Waals surface area contributed by atoms with E-state index >= 15 is 0 Å². The summed E-state index contributed by atoms with van der Waals surface area (Å²) in [6.45, 7) is 3.10. The Morgan fingerprint density at radius 2 is 1.62 bits per heavy atom. The molecule has 0 radical (unpaired) electrons. The lowest BCUT2D eigenvalue weighted by molar-refractivity contribution is 0.0686. The summed E-state index contributed by atoms with van der Waals surface area (Å²) in [4.78, 5) is 22.1. The SMILES string of the molecule is Cc1ccc(C(=O)O)cc1S(=O)(=O)Nc1c(C)cccc1C(=O)O. The zero-order valence-corrected chi connectivity index (χ0v) is 13.7. The van der Waals surface area contributed by atoms with Crippen molar-refractivity contribution >= 4 is 27.6 Å². The third-order valence-electron chi connectivity index (χ3n) is 3.46. The van der Waals surface area contributed by atoms with Crippen LogP contribution in [0.5, 0.6) is 0 Å². The van der Waals surface area contributed by atoms with E-state index in [2.05, 4.69) is 4.72 Å². The first kappa shape index (κ1) is 17.5. The van der Waals surface area contributed by atoms with Crippen LogP contribution in [0.2, 0.25) is 0 Å². The van der Waals surface area contributed by atoms with Crippen molar-refractivity contribution in [1.29, 1.82) is 0 Å². The molecule has 2 aromatic rings. The smallest absolute Gasteiger partial charge is 0.337 e. The Bertz CT molecular complexity index is 934. The molecule has 0 unspecified atom stereocenters. The molecule has 0 fully saturated rings. The number of sulfonamides is 1. The van der Waals surface area contributed by atoms with Gasteiger partial charge >= 0.3 is 11.9 Å². The zero-order chi connectivity index (χ0) is 18.1. The number of hydrogen-bond acceptors (Lipinski definition) is 4. The quantitative estimate of drug-likeness (QED) is 0.762. The molecule has 24 heavy (non-hydrogen) atoms. The molecular formula is C16H15NO6S. The van der Waals surface area contributed by atoms with Crippen LogP contribution in [-0.4, -0.2) is 30.6 Å². The number of carbonyl (C=O) groups is 2. The Morgan fingerprint density at radius 3 is 2.21 bits per heavy atom. The highest BCUT2D eigenvalue weighted by Gasteiger charge is 2.22. The summed E-state index contributed by atoms with van der Waals surface area (Å²) in [7, 11) is -4.16. The van der Waals surface area contributed by atoms with Gasteiger partial charge in [0.25, 0.3) is 10.0 Å². The Hall–Kier alpha value is -2.87. The van der Waals surface area contributed by atoms with Gasteiger partial charge in [0.05, 0.1) is 21.7 Å². The van der Waals surface area contributed by atoms with Gasteiger partial charge in [-0.05, 0) is 43.2 Å². The first-order valence-corrected chi connectivity index (χ1v) is 8.31. The van der Waals surface area contributed by atoms with E-state index in [1.165, 1.54) is 31.2 Å². The van der Waals surface area contributed by atoms with Crippen molar-refractivity contribution in [1.82, 2.24) is 0 Å². The van der Waals surface area contributed by atoms with E-state index in [9.17, 15) is 23.1 Å². The molecule has 0 atom stereocenters. The summed E-state index contributed by atoms with van der Waals surface area (Å²) in [5.74, 6) is -2.53. The Labute approximate surface area is 138 Å². The molecular weight excluding hydrogens is 334 g/mol. The van der Waals surface area contributed by atoms with Gasteiger partial charge in [0.1, 0.15) is 0 Å². The second-order valence-electron chi connectivity index (χ2n) is 5.19. The fourth-order valence-corrected chi connectivity index (χ4v) is 3.62. The van der Waals surface area contributed by atoms with Crippen LogP contribution in [0, 0.1) is 13.8 Å². The predicted molar refractivity (Wildman–Crippen MR) is 87.1 cm³/mol.